The Morgan fingerprint density at radius 2 is 1.75 bits per heavy atom. The molecule has 1 N–H and O–H groups in total. The molecule has 1 heterocycles. The number of likely N-dealkylation sites (tertiary alicyclic amines) is 1. The van der Waals surface area contributed by atoms with Crippen molar-refractivity contribution in [3.05, 3.63) is 94.5 Å². The number of para-hydroxylation sites is 1. The SMILES string of the molecule is CCOc1ccc(C(O)=C2C(=O)C(=O)N(CCOC)C2c2cccc(Oc3ccccc3)c2)cc1Cl. The van der Waals surface area contributed by atoms with Gasteiger partial charge in [-0.05, 0) is 55.0 Å². The summed E-state index contributed by atoms with van der Waals surface area (Å²) in [4.78, 5) is 27.6. The number of methoxy groups -OCH3 is 1. The summed E-state index contributed by atoms with van der Waals surface area (Å²) < 4.78 is 16.6. The number of ketones is 1. The maximum absolute atomic E-state index is 13.2. The Morgan fingerprint density at radius 3 is 2.44 bits per heavy atom. The zero-order valence-corrected chi connectivity index (χ0v) is 20.7. The van der Waals surface area contributed by atoms with Crippen molar-refractivity contribution in [2.75, 3.05) is 26.9 Å². The first-order valence-corrected chi connectivity index (χ1v) is 11.8. The lowest BCUT2D eigenvalue weighted by Gasteiger charge is -2.25. The molecule has 4 rings (SSSR count). The van der Waals surface area contributed by atoms with Crippen LogP contribution >= 0.6 is 11.6 Å². The summed E-state index contributed by atoms with van der Waals surface area (Å²) in [6.45, 7) is 2.65. The molecule has 186 valence electrons. The molecule has 0 saturated carbocycles. The van der Waals surface area contributed by atoms with Crippen molar-refractivity contribution in [1.29, 1.82) is 0 Å². The molecule has 36 heavy (non-hydrogen) atoms. The highest BCUT2D eigenvalue weighted by Crippen LogP contribution is 2.41. The fourth-order valence-electron chi connectivity index (χ4n) is 4.10. The van der Waals surface area contributed by atoms with Gasteiger partial charge in [0.15, 0.2) is 0 Å². The van der Waals surface area contributed by atoms with Gasteiger partial charge in [-0.3, -0.25) is 9.59 Å². The quantitative estimate of drug-likeness (QED) is 0.230. The largest absolute Gasteiger partial charge is 0.507 e. The number of hydrogen-bond acceptors (Lipinski definition) is 6. The Hall–Kier alpha value is -3.81. The molecule has 3 aromatic carbocycles. The topological polar surface area (TPSA) is 85.3 Å². The molecule has 8 heteroatoms. The molecule has 7 nitrogen and oxygen atoms in total. The minimum absolute atomic E-state index is 0.0341. The van der Waals surface area contributed by atoms with Crippen LogP contribution in [0.15, 0.2) is 78.4 Å². The summed E-state index contributed by atoms with van der Waals surface area (Å²) in [5.74, 6) is -0.193. The van der Waals surface area contributed by atoms with Crippen LogP contribution in [0.25, 0.3) is 5.76 Å². The van der Waals surface area contributed by atoms with Crippen LogP contribution in [-0.4, -0.2) is 48.6 Å². The number of carbonyl (C=O) groups is 2. The van der Waals surface area contributed by atoms with Gasteiger partial charge >= 0.3 is 0 Å². The third-order valence-electron chi connectivity index (χ3n) is 5.73. The van der Waals surface area contributed by atoms with E-state index in [9.17, 15) is 14.7 Å². The molecule has 3 aromatic rings. The zero-order valence-electron chi connectivity index (χ0n) is 19.9. The molecule has 1 unspecified atom stereocenters. The summed E-state index contributed by atoms with van der Waals surface area (Å²) in [7, 11) is 1.52. The van der Waals surface area contributed by atoms with Crippen LogP contribution in [0.5, 0.6) is 17.2 Å². The van der Waals surface area contributed by atoms with E-state index in [1.165, 1.54) is 18.1 Å². The van der Waals surface area contributed by atoms with E-state index in [0.29, 0.717) is 35.0 Å². The number of aliphatic hydroxyl groups is 1. The van der Waals surface area contributed by atoms with Crippen LogP contribution < -0.4 is 9.47 Å². The summed E-state index contributed by atoms with van der Waals surface area (Å²) in [6, 6.07) is 20.2. The van der Waals surface area contributed by atoms with E-state index < -0.39 is 17.7 Å². The van der Waals surface area contributed by atoms with Crippen molar-refractivity contribution in [1.82, 2.24) is 4.90 Å². The van der Waals surface area contributed by atoms with Gasteiger partial charge in [0.1, 0.15) is 23.0 Å². The number of Topliss-reactive ketones (excluding diaryl/α,β-unsaturated/α-hetero) is 1. The molecular formula is C28H26ClNO6. The highest BCUT2D eigenvalue weighted by Gasteiger charge is 2.46. The molecule has 0 radical (unpaired) electrons. The van der Waals surface area contributed by atoms with Crippen molar-refractivity contribution in [3.8, 4) is 17.2 Å². The lowest BCUT2D eigenvalue weighted by atomic mass is 9.95. The third-order valence-corrected chi connectivity index (χ3v) is 6.03. The Labute approximate surface area is 214 Å². The average Bonchev–Trinajstić information content (AvgIpc) is 3.14. The first kappa shape index (κ1) is 25.3. The lowest BCUT2D eigenvalue weighted by Crippen LogP contribution is -2.32. The van der Waals surface area contributed by atoms with Gasteiger partial charge < -0.3 is 24.2 Å². The van der Waals surface area contributed by atoms with Gasteiger partial charge in [-0.1, -0.05) is 41.9 Å². The molecule has 0 aliphatic carbocycles. The first-order valence-electron chi connectivity index (χ1n) is 11.5. The van der Waals surface area contributed by atoms with Crippen LogP contribution in [0.2, 0.25) is 5.02 Å². The number of amides is 1. The van der Waals surface area contributed by atoms with Gasteiger partial charge in [-0.25, -0.2) is 0 Å². The van der Waals surface area contributed by atoms with Crippen LogP contribution in [0.4, 0.5) is 0 Å². The molecule has 0 bridgehead atoms. The maximum atomic E-state index is 13.2. The van der Waals surface area contributed by atoms with Crippen molar-refractivity contribution in [2.24, 2.45) is 0 Å². The number of halogens is 1. The monoisotopic (exact) mass is 507 g/mol. The average molecular weight is 508 g/mol. The van der Waals surface area contributed by atoms with Crippen LogP contribution in [0.1, 0.15) is 24.1 Å². The molecule has 1 atom stereocenters. The molecule has 0 spiro atoms. The smallest absolute Gasteiger partial charge is 0.295 e. The second-order valence-electron chi connectivity index (χ2n) is 8.05. The number of ether oxygens (including phenoxy) is 3. The predicted octanol–water partition coefficient (Wildman–Crippen LogP) is 5.60. The fourth-order valence-corrected chi connectivity index (χ4v) is 4.33. The van der Waals surface area contributed by atoms with E-state index in [-0.39, 0.29) is 29.5 Å². The molecule has 1 aliphatic rings. The summed E-state index contributed by atoms with van der Waals surface area (Å²) in [5, 5.41) is 11.5. The van der Waals surface area contributed by atoms with Crippen molar-refractivity contribution in [2.45, 2.75) is 13.0 Å². The van der Waals surface area contributed by atoms with Gasteiger partial charge in [0.05, 0.1) is 29.9 Å². The standard InChI is InChI=1S/C28H26ClNO6/c1-3-35-23-13-12-19(17-22(23)29)26(31)24-25(30(14-15-34-2)28(33)27(24)32)18-8-7-11-21(16-18)36-20-9-5-4-6-10-20/h4-13,16-17,25,31H,3,14-15H2,1-2H3. The van der Waals surface area contributed by atoms with Gasteiger partial charge in [-0.15, -0.1) is 0 Å². The van der Waals surface area contributed by atoms with E-state index in [1.54, 1.807) is 36.4 Å². The van der Waals surface area contributed by atoms with E-state index in [4.69, 9.17) is 25.8 Å². The number of benzene rings is 3. The van der Waals surface area contributed by atoms with E-state index in [1.807, 2.05) is 37.3 Å². The van der Waals surface area contributed by atoms with Gasteiger partial charge in [0.2, 0.25) is 0 Å². The van der Waals surface area contributed by atoms with Crippen LogP contribution in [-0.2, 0) is 14.3 Å². The highest BCUT2D eigenvalue weighted by atomic mass is 35.5. The molecular weight excluding hydrogens is 482 g/mol. The van der Waals surface area contributed by atoms with E-state index >= 15 is 0 Å². The minimum Gasteiger partial charge on any atom is -0.507 e. The molecule has 1 fully saturated rings. The highest BCUT2D eigenvalue weighted by molar-refractivity contribution is 6.46. The molecule has 1 saturated heterocycles. The number of aliphatic hydroxyl groups excluding tert-OH is 1. The second-order valence-corrected chi connectivity index (χ2v) is 8.46. The number of carbonyl (C=O) groups excluding carboxylic acids is 2. The Morgan fingerprint density at radius 1 is 1.00 bits per heavy atom. The van der Waals surface area contributed by atoms with E-state index in [0.717, 1.165) is 0 Å². The van der Waals surface area contributed by atoms with Crippen molar-refractivity contribution >= 4 is 29.1 Å². The lowest BCUT2D eigenvalue weighted by molar-refractivity contribution is -0.140. The Balaban J connectivity index is 1.79. The van der Waals surface area contributed by atoms with Crippen LogP contribution in [0, 0.1) is 0 Å². The Kier molecular flexibility index (Phi) is 7.93. The maximum Gasteiger partial charge on any atom is 0.295 e. The zero-order chi connectivity index (χ0) is 25.7. The third kappa shape index (κ3) is 5.22. The summed E-state index contributed by atoms with van der Waals surface area (Å²) >= 11 is 6.32. The fraction of sp³-hybridized carbons (Fsp3) is 0.214. The number of nitrogens with zero attached hydrogens (tertiary/aromatic N) is 1. The normalized spacial score (nSPS) is 16.9. The number of rotatable bonds is 9. The summed E-state index contributed by atoms with van der Waals surface area (Å²) in [6.07, 6.45) is 0. The van der Waals surface area contributed by atoms with Gasteiger partial charge in [-0.2, -0.15) is 0 Å². The minimum atomic E-state index is -0.843. The Bertz CT molecular complexity index is 1290. The number of hydrogen-bond donors (Lipinski definition) is 1. The van der Waals surface area contributed by atoms with Crippen molar-refractivity contribution in [3.63, 3.8) is 0 Å². The second kappa shape index (κ2) is 11.3. The predicted molar refractivity (Wildman–Crippen MR) is 136 cm³/mol. The molecule has 1 aliphatic heterocycles. The van der Waals surface area contributed by atoms with Crippen molar-refractivity contribution < 1.29 is 28.9 Å². The molecule has 0 aromatic heterocycles. The van der Waals surface area contributed by atoms with Crippen LogP contribution in [0.3, 0.4) is 0 Å². The van der Waals surface area contributed by atoms with E-state index in [2.05, 4.69) is 0 Å². The van der Waals surface area contributed by atoms with Gasteiger partial charge in [0, 0.05) is 19.2 Å². The summed E-state index contributed by atoms with van der Waals surface area (Å²) in [5.41, 5.74) is 0.875. The first-order chi connectivity index (χ1) is 17.4. The molecule has 1 amide bonds. The van der Waals surface area contributed by atoms with Gasteiger partial charge in [0.25, 0.3) is 11.7 Å².